The molecule has 0 aliphatic heterocycles. The number of anilines is 2. The summed E-state index contributed by atoms with van der Waals surface area (Å²) in [5, 5.41) is 13.1. The van der Waals surface area contributed by atoms with E-state index in [2.05, 4.69) is 15.3 Å². The quantitative estimate of drug-likeness (QED) is 0.247. The molecule has 0 aliphatic carbocycles. The maximum absolute atomic E-state index is 11.0. The molecule has 158 valence electrons. The molecule has 2 aromatic carbocycles. The number of amides is 1. The van der Waals surface area contributed by atoms with Crippen LogP contribution in [0.5, 0.6) is 11.5 Å². The van der Waals surface area contributed by atoms with E-state index in [0.29, 0.717) is 40.9 Å². The molecule has 9 heteroatoms. The van der Waals surface area contributed by atoms with Crippen LogP contribution in [0.1, 0.15) is 25.7 Å². The summed E-state index contributed by atoms with van der Waals surface area (Å²) in [5.41, 5.74) is 3.07. The monoisotopic (exact) mass is 430 g/mol. The molecule has 0 saturated carbocycles. The molecule has 0 fully saturated rings. The molecule has 8 nitrogen and oxygen atoms in total. The van der Waals surface area contributed by atoms with Gasteiger partial charge in [-0.05, 0) is 37.5 Å². The first-order valence-corrected chi connectivity index (χ1v) is 9.90. The van der Waals surface area contributed by atoms with Gasteiger partial charge >= 0.3 is 0 Å². The summed E-state index contributed by atoms with van der Waals surface area (Å²) in [6.07, 6.45) is 3.99. The van der Waals surface area contributed by atoms with Gasteiger partial charge in [0.1, 0.15) is 12.1 Å². The molecule has 30 heavy (non-hydrogen) atoms. The Morgan fingerprint density at radius 1 is 1.13 bits per heavy atom. The standard InChI is InChI=1S/C21H23ClN4O4/c1-29-18-12-17-14(11-19(18)30-10-6-2-3-9-20(27)26-28)21(24-13-23-17)25-16-8-5-4-7-15(16)22/h4-5,7-8,11-13,28H,2-3,6,9-10H2,1H3,(H,26,27)(H,23,24,25). The van der Waals surface area contributed by atoms with Crippen LogP contribution in [0, 0.1) is 0 Å². The molecule has 0 saturated heterocycles. The van der Waals surface area contributed by atoms with Crippen LogP contribution in [-0.2, 0) is 4.79 Å². The van der Waals surface area contributed by atoms with Gasteiger partial charge in [-0.1, -0.05) is 23.7 Å². The number of hydroxylamine groups is 1. The average molecular weight is 431 g/mol. The zero-order valence-corrected chi connectivity index (χ0v) is 17.3. The van der Waals surface area contributed by atoms with Gasteiger partial charge in [-0.2, -0.15) is 0 Å². The lowest BCUT2D eigenvalue weighted by molar-refractivity contribution is -0.129. The first kappa shape index (κ1) is 21.6. The molecule has 1 amide bonds. The Balaban J connectivity index is 1.74. The summed E-state index contributed by atoms with van der Waals surface area (Å²) in [7, 11) is 1.58. The molecule has 0 aliphatic rings. The van der Waals surface area contributed by atoms with Crippen molar-refractivity contribution in [1.29, 1.82) is 0 Å². The summed E-state index contributed by atoms with van der Waals surface area (Å²) in [6, 6.07) is 11.1. The zero-order chi connectivity index (χ0) is 21.3. The molecule has 3 N–H and O–H groups in total. The molecule has 0 radical (unpaired) electrons. The molecule has 0 spiro atoms. The summed E-state index contributed by atoms with van der Waals surface area (Å²) in [6.45, 7) is 0.462. The van der Waals surface area contributed by atoms with Gasteiger partial charge in [0.25, 0.3) is 0 Å². The lowest BCUT2D eigenvalue weighted by Gasteiger charge is -2.14. The van der Waals surface area contributed by atoms with Crippen LogP contribution in [0.15, 0.2) is 42.7 Å². The minimum Gasteiger partial charge on any atom is -0.493 e. The second-order valence-corrected chi connectivity index (χ2v) is 6.95. The van der Waals surface area contributed by atoms with Gasteiger partial charge in [0.2, 0.25) is 5.91 Å². The topological polar surface area (TPSA) is 106 Å². The van der Waals surface area contributed by atoms with Gasteiger partial charge in [-0.3, -0.25) is 10.0 Å². The number of unbranched alkanes of at least 4 members (excludes halogenated alkanes) is 2. The fourth-order valence-corrected chi connectivity index (χ4v) is 3.11. The molecule has 0 atom stereocenters. The van der Waals surface area contributed by atoms with Gasteiger partial charge in [-0.25, -0.2) is 15.4 Å². The zero-order valence-electron chi connectivity index (χ0n) is 16.5. The number of carbonyl (C=O) groups is 1. The van der Waals surface area contributed by atoms with Crippen molar-refractivity contribution >= 4 is 39.9 Å². The van der Waals surface area contributed by atoms with Crippen LogP contribution < -0.4 is 20.3 Å². The van der Waals surface area contributed by atoms with Gasteiger partial charge in [0, 0.05) is 17.9 Å². The van der Waals surface area contributed by atoms with E-state index in [4.69, 9.17) is 26.3 Å². The molecule has 3 aromatic rings. The number of nitrogens with one attached hydrogen (secondary N) is 2. The third-order valence-electron chi connectivity index (χ3n) is 4.48. The number of halogens is 1. The van der Waals surface area contributed by atoms with Crippen molar-refractivity contribution in [2.24, 2.45) is 0 Å². The van der Waals surface area contributed by atoms with Crippen molar-refractivity contribution < 1.29 is 19.5 Å². The van der Waals surface area contributed by atoms with Gasteiger partial charge in [0.05, 0.1) is 29.9 Å². The van der Waals surface area contributed by atoms with Crippen molar-refractivity contribution in [3.63, 3.8) is 0 Å². The highest BCUT2D eigenvalue weighted by atomic mass is 35.5. The second kappa shape index (κ2) is 10.6. The van der Waals surface area contributed by atoms with Crippen molar-refractivity contribution in [3.05, 3.63) is 47.7 Å². The Morgan fingerprint density at radius 2 is 1.97 bits per heavy atom. The Morgan fingerprint density at radius 3 is 2.73 bits per heavy atom. The highest BCUT2D eigenvalue weighted by Gasteiger charge is 2.12. The minimum absolute atomic E-state index is 0.282. The number of fused-ring (bicyclic) bond motifs is 1. The molecule has 3 rings (SSSR count). The molecule has 0 bridgehead atoms. The first-order valence-electron chi connectivity index (χ1n) is 9.52. The van der Waals surface area contributed by atoms with E-state index in [-0.39, 0.29) is 12.3 Å². The summed E-state index contributed by atoms with van der Waals surface area (Å²) in [4.78, 5) is 19.7. The lowest BCUT2D eigenvalue weighted by atomic mass is 10.2. The van der Waals surface area contributed by atoms with E-state index in [1.54, 1.807) is 24.7 Å². The fourth-order valence-electron chi connectivity index (χ4n) is 2.93. The van der Waals surface area contributed by atoms with Crippen LogP contribution in [-0.4, -0.2) is 34.8 Å². The number of hydrogen-bond donors (Lipinski definition) is 3. The number of methoxy groups -OCH3 is 1. The SMILES string of the molecule is COc1cc2ncnc(Nc3ccccc3Cl)c2cc1OCCCCCC(=O)NO. The van der Waals surface area contributed by atoms with Crippen molar-refractivity contribution in [1.82, 2.24) is 15.4 Å². The Bertz CT molecular complexity index is 1020. The number of para-hydroxylation sites is 1. The number of nitrogens with zero attached hydrogens (tertiary/aromatic N) is 2. The van der Waals surface area contributed by atoms with E-state index in [1.807, 2.05) is 24.3 Å². The number of rotatable bonds is 10. The fraction of sp³-hybridized carbons (Fsp3) is 0.286. The number of ether oxygens (including phenoxy) is 2. The van der Waals surface area contributed by atoms with Gasteiger partial charge in [0.15, 0.2) is 11.5 Å². The number of benzene rings is 2. The van der Waals surface area contributed by atoms with E-state index in [1.165, 1.54) is 6.33 Å². The highest BCUT2D eigenvalue weighted by molar-refractivity contribution is 6.33. The Kier molecular flexibility index (Phi) is 7.64. The van der Waals surface area contributed by atoms with Crippen LogP contribution in [0.4, 0.5) is 11.5 Å². The van der Waals surface area contributed by atoms with E-state index >= 15 is 0 Å². The first-order chi connectivity index (χ1) is 14.6. The maximum Gasteiger partial charge on any atom is 0.243 e. The molecule has 0 unspecified atom stereocenters. The van der Waals surface area contributed by atoms with Crippen LogP contribution in [0.3, 0.4) is 0 Å². The van der Waals surface area contributed by atoms with E-state index < -0.39 is 0 Å². The number of carbonyl (C=O) groups excluding carboxylic acids is 1. The summed E-state index contributed by atoms with van der Waals surface area (Å²) < 4.78 is 11.4. The Hall–Kier alpha value is -3.10. The minimum atomic E-state index is -0.384. The second-order valence-electron chi connectivity index (χ2n) is 6.54. The molecule has 1 aromatic heterocycles. The highest BCUT2D eigenvalue weighted by Crippen LogP contribution is 2.35. The van der Waals surface area contributed by atoms with Crippen molar-refractivity contribution in [2.45, 2.75) is 25.7 Å². The van der Waals surface area contributed by atoms with E-state index in [0.717, 1.165) is 23.9 Å². The summed E-state index contributed by atoms with van der Waals surface area (Å²) in [5.74, 6) is 1.38. The van der Waals surface area contributed by atoms with Crippen LogP contribution in [0.2, 0.25) is 5.02 Å². The Labute approximate surface area is 179 Å². The van der Waals surface area contributed by atoms with Crippen molar-refractivity contribution in [2.75, 3.05) is 19.0 Å². The van der Waals surface area contributed by atoms with Crippen molar-refractivity contribution in [3.8, 4) is 11.5 Å². The largest absolute Gasteiger partial charge is 0.493 e. The molecule has 1 heterocycles. The van der Waals surface area contributed by atoms with E-state index in [9.17, 15) is 4.79 Å². The smallest absolute Gasteiger partial charge is 0.243 e. The summed E-state index contributed by atoms with van der Waals surface area (Å²) >= 11 is 6.25. The molecular weight excluding hydrogens is 408 g/mol. The molecular formula is C21H23ClN4O4. The lowest BCUT2D eigenvalue weighted by Crippen LogP contribution is -2.17. The number of aromatic nitrogens is 2. The third-order valence-corrected chi connectivity index (χ3v) is 4.81. The normalized spacial score (nSPS) is 10.6. The maximum atomic E-state index is 11.0. The van der Waals surface area contributed by atoms with Gasteiger partial charge in [-0.15, -0.1) is 0 Å². The predicted octanol–water partition coefficient (Wildman–Crippen LogP) is 4.48. The average Bonchev–Trinajstić information content (AvgIpc) is 2.77. The van der Waals surface area contributed by atoms with Gasteiger partial charge < -0.3 is 14.8 Å². The predicted molar refractivity (Wildman–Crippen MR) is 115 cm³/mol. The van der Waals surface area contributed by atoms with Crippen LogP contribution in [0.25, 0.3) is 10.9 Å². The van der Waals surface area contributed by atoms with Crippen LogP contribution >= 0.6 is 11.6 Å². The number of hydrogen-bond acceptors (Lipinski definition) is 7. The third kappa shape index (κ3) is 5.49.